The Balaban J connectivity index is 2.01. The summed E-state index contributed by atoms with van der Waals surface area (Å²) in [6, 6.07) is 0. The second-order valence-corrected chi connectivity index (χ2v) is 5.56. The van der Waals surface area contributed by atoms with Crippen LogP contribution >= 0.6 is 0 Å². The summed E-state index contributed by atoms with van der Waals surface area (Å²) >= 11 is 0. The summed E-state index contributed by atoms with van der Waals surface area (Å²) in [5.74, 6) is 0.918. The Kier molecular flexibility index (Phi) is 2.93. The van der Waals surface area contributed by atoms with Gasteiger partial charge in [0.05, 0.1) is 5.92 Å². The van der Waals surface area contributed by atoms with Crippen molar-refractivity contribution < 1.29 is 14.1 Å². The van der Waals surface area contributed by atoms with Crippen molar-refractivity contribution in [2.24, 2.45) is 5.92 Å². The second-order valence-electron chi connectivity index (χ2n) is 5.56. The number of esters is 1. The Morgan fingerprint density at radius 1 is 1.47 bits per heavy atom. The number of hydrogen-bond acceptors (Lipinski definition) is 5. The van der Waals surface area contributed by atoms with Crippen molar-refractivity contribution >= 4 is 5.97 Å². The summed E-state index contributed by atoms with van der Waals surface area (Å²) in [5.41, 5.74) is -0.165. The van der Waals surface area contributed by atoms with E-state index in [1.807, 2.05) is 20.8 Å². The van der Waals surface area contributed by atoms with Crippen LogP contribution in [0.3, 0.4) is 0 Å². The maximum absolute atomic E-state index is 11.5. The molecule has 0 N–H and O–H groups in total. The van der Waals surface area contributed by atoms with E-state index >= 15 is 0 Å². The molecule has 0 radical (unpaired) electrons. The third-order valence-electron chi connectivity index (χ3n) is 2.66. The van der Waals surface area contributed by atoms with E-state index < -0.39 is 6.10 Å². The van der Waals surface area contributed by atoms with Gasteiger partial charge in [0.2, 0.25) is 0 Å². The van der Waals surface area contributed by atoms with E-state index in [0.29, 0.717) is 11.7 Å². The molecule has 1 aromatic heterocycles. The van der Waals surface area contributed by atoms with E-state index in [-0.39, 0.29) is 17.3 Å². The van der Waals surface area contributed by atoms with Crippen molar-refractivity contribution in [2.45, 2.75) is 52.1 Å². The molecule has 1 saturated carbocycles. The van der Waals surface area contributed by atoms with Crippen LogP contribution in [0.1, 0.15) is 58.4 Å². The second kappa shape index (κ2) is 4.13. The maximum atomic E-state index is 11.5. The van der Waals surface area contributed by atoms with Gasteiger partial charge in [0.1, 0.15) is 0 Å². The Hall–Kier alpha value is -1.39. The van der Waals surface area contributed by atoms with Crippen LogP contribution in [0.4, 0.5) is 0 Å². The first-order valence-corrected chi connectivity index (χ1v) is 5.92. The largest absolute Gasteiger partial charge is 0.452 e. The van der Waals surface area contributed by atoms with Gasteiger partial charge in [-0.25, -0.2) is 0 Å². The molecule has 1 atom stereocenters. The fourth-order valence-corrected chi connectivity index (χ4v) is 1.34. The zero-order valence-corrected chi connectivity index (χ0v) is 10.7. The van der Waals surface area contributed by atoms with E-state index in [9.17, 15) is 4.79 Å². The number of nitrogens with zero attached hydrogens (tertiary/aromatic N) is 2. The molecule has 1 unspecified atom stereocenters. The zero-order valence-electron chi connectivity index (χ0n) is 10.7. The van der Waals surface area contributed by atoms with Gasteiger partial charge in [-0.15, -0.1) is 0 Å². The third kappa shape index (κ3) is 2.84. The Morgan fingerprint density at radius 3 is 2.59 bits per heavy atom. The summed E-state index contributed by atoms with van der Waals surface area (Å²) in [6.45, 7) is 7.76. The standard InChI is InChI=1S/C12H18N2O3/c1-7(16-10(15)8-5-6-8)9-13-11(14-17-9)12(2,3)4/h7-8H,5-6H2,1-4H3. The first-order valence-electron chi connectivity index (χ1n) is 5.92. The van der Waals surface area contributed by atoms with E-state index in [0.717, 1.165) is 12.8 Å². The number of aromatic nitrogens is 2. The lowest BCUT2D eigenvalue weighted by Gasteiger charge is -2.11. The van der Waals surface area contributed by atoms with Gasteiger partial charge < -0.3 is 9.26 Å². The van der Waals surface area contributed by atoms with Crippen LogP contribution in [-0.2, 0) is 14.9 Å². The molecule has 5 nitrogen and oxygen atoms in total. The number of carbonyl (C=O) groups is 1. The van der Waals surface area contributed by atoms with E-state index in [1.165, 1.54) is 0 Å². The maximum Gasteiger partial charge on any atom is 0.309 e. The van der Waals surface area contributed by atoms with Crippen LogP contribution in [-0.4, -0.2) is 16.1 Å². The minimum Gasteiger partial charge on any atom is -0.452 e. The molecule has 1 heterocycles. The Bertz CT molecular complexity index is 416. The molecule has 0 aliphatic heterocycles. The summed E-state index contributed by atoms with van der Waals surface area (Å²) < 4.78 is 10.4. The van der Waals surface area contributed by atoms with E-state index in [4.69, 9.17) is 9.26 Å². The minimum atomic E-state index is -0.466. The fraction of sp³-hybridized carbons (Fsp3) is 0.750. The van der Waals surface area contributed by atoms with Gasteiger partial charge in [0.15, 0.2) is 11.9 Å². The number of carbonyl (C=O) groups excluding carboxylic acids is 1. The van der Waals surface area contributed by atoms with Crippen LogP contribution in [0.25, 0.3) is 0 Å². The monoisotopic (exact) mass is 238 g/mol. The van der Waals surface area contributed by atoms with Crippen LogP contribution in [0, 0.1) is 5.92 Å². The quantitative estimate of drug-likeness (QED) is 0.756. The smallest absolute Gasteiger partial charge is 0.309 e. The van der Waals surface area contributed by atoms with Gasteiger partial charge in [-0.05, 0) is 19.8 Å². The first-order chi connectivity index (χ1) is 7.88. The molecule has 17 heavy (non-hydrogen) atoms. The molecule has 0 saturated heterocycles. The summed E-state index contributed by atoms with van der Waals surface area (Å²) in [7, 11) is 0. The predicted octanol–water partition coefficient (Wildman–Crippen LogP) is 2.38. The average molecular weight is 238 g/mol. The molecular weight excluding hydrogens is 220 g/mol. The summed E-state index contributed by atoms with van der Waals surface area (Å²) in [5, 5.41) is 3.90. The average Bonchev–Trinajstić information content (AvgIpc) is 2.93. The molecular formula is C12H18N2O3. The minimum absolute atomic E-state index is 0.0856. The fourth-order valence-electron chi connectivity index (χ4n) is 1.34. The van der Waals surface area contributed by atoms with Crippen molar-refractivity contribution in [3.05, 3.63) is 11.7 Å². The van der Waals surface area contributed by atoms with Crippen molar-refractivity contribution in [2.75, 3.05) is 0 Å². The van der Waals surface area contributed by atoms with E-state index in [2.05, 4.69) is 10.1 Å². The SMILES string of the molecule is CC(OC(=O)C1CC1)c1nc(C(C)(C)C)no1. The lowest BCUT2D eigenvalue weighted by Crippen LogP contribution is -2.14. The zero-order chi connectivity index (χ0) is 12.6. The van der Waals surface area contributed by atoms with Gasteiger partial charge >= 0.3 is 5.97 Å². The predicted molar refractivity (Wildman–Crippen MR) is 60.2 cm³/mol. The van der Waals surface area contributed by atoms with Crippen LogP contribution in [0.2, 0.25) is 0 Å². The van der Waals surface area contributed by atoms with E-state index in [1.54, 1.807) is 6.92 Å². The number of rotatable bonds is 3. The summed E-state index contributed by atoms with van der Waals surface area (Å²) in [4.78, 5) is 15.7. The lowest BCUT2D eigenvalue weighted by atomic mass is 9.96. The normalized spacial score (nSPS) is 17.9. The highest BCUT2D eigenvalue weighted by molar-refractivity contribution is 5.75. The molecule has 1 aromatic rings. The molecule has 5 heteroatoms. The van der Waals surface area contributed by atoms with Gasteiger partial charge in [-0.2, -0.15) is 4.98 Å². The van der Waals surface area contributed by atoms with Gasteiger partial charge in [0, 0.05) is 5.41 Å². The molecule has 0 aromatic carbocycles. The molecule has 1 fully saturated rings. The highest BCUT2D eigenvalue weighted by Gasteiger charge is 2.33. The third-order valence-corrected chi connectivity index (χ3v) is 2.66. The topological polar surface area (TPSA) is 65.2 Å². The molecule has 0 amide bonds. The van der Waals surface area contributed by atoms with Crippen molar-refractivity contribution in [3.8, 4) is 0 Å². The van der Waals surface area contributed by atoms with Crippen molar-refractivity contribution in [1.82, 2.24) is 10.1 Å². The lowest BCUT2D eigenvalue weighted by molar-refractivity contribution is -0.151. The Labute approximate surface area is 101 Å². The molecule has 1 aliphatic rings. The molecule has 94 valence electrons. The number of ether oxygens (including phenoxy) is 1. The first kappa shape index (κ1) is 12.1. The molecule has 0 spiro atoms. The van der Waals surface area contributed by atoms with Crippen LogP contribution < -0.4 is 0 Å². The van der Waals surface area contributed by atoms with Crippen molar-refractivity contribution in [3.63, 3.8) is 0 Å². The van der Waals surface area contributed by atoms with Crippen LogP contribution in [0.5, 0.6) is 0 Å². The molecule has 0 bridgehead atoms. The van der Waals surface area contributed by atoms with Gasteiger partial charge in [-0.1, -0.05) is 25.9 Å². The highest BCUT2D eigenvalue weighted by atomic mass is 16.6. The van der Waals surface area contributed by atoms with Crippen molar-refractivity contribution in [1.29, 1.82) is 0 Å². The van der Waals surface area contributed by atoms with Gasteiger partial charge in [0.25, 0.3) is 5.89 Å². The molecule has 1 aliphatic carbocycles. The van der Waals surface area contributed by atoms with Gasteiger partial charge in [-0.3, -0.25) is 4.79 Å². The van der Waals surface area contributed by atoms with Crippen LogP contribution in [0.15, 0.2) is 4.52 Å². The summed E-state index contributed by atoms with van der Waals surface area (Å²) in [6.07, 6.45) is 1.40. The Morgan fingerprint density at radius 2 is 2.12 bits per heavy atom. The highest BCUT2D eigenvalue weighted by Crippen LogP contribution is 2.32. The number of hydrogen-bond donors (Lipinski definition) is 0. The molecule has 2 rings (SSSR count).